The van der Waals surface area contributed by atoms with Crippen LogP contribution in [-0.2, 0) is 14.8 Å². The molecule has 2 aromatic carbocycles. The number of halogens is 1. The van der Waals surface area contributed by atoms with Gasteiger partial charge in [0.1, 0.15) is 11.8 Å². The summed E-state index contributed by atoms with van der Waals surface area (Å²) in [5.41, 5.74) is 1.52. The lowest BCUT2D eigenvalue weighted by Gasteiger charge is -2.30. The number of amides is 1. The summed E-state index contributed by atoms with van der Waals surface area (Å²) < 4.78 is 34.0. The summed E-state index contributed by atoms with van der Waals surface area (Å²) in [6, 6.07) is 8.74. The molecule has 1 N–H and O–H groups in total. The van der Waals surface area contributed by atoms with E-state index >= 15 is 0 Å². The highest BCUT2D eigenvalue weighted by Crippen LogP contribution is 2.32. The first-order valence-corrected chi connectivity index (χ1v) is 13.3. The maximum Gasteiger partial charge on any atom is 0.308 e. The molecule has 11 heteroatoms. The fraction of sp³-hybridized carbons (Fsp3) is 0.364. The fourth-order valence-electron chi connectivity index (χ4n) is 3.68. The fourth-order valence-corrected chi connectivity index (χ4v) is 6.19. The summed E-state index contributed by atoms with van der Waals surface area (Å²) >= 11 is 7.30. The number of nitrogens with zero attached hydrogens (tertiary/aromatic N) is 2. The van der Waals surface area contributed by atoms with E-state index in [1.54, 1.807) is 41.8 Å². The van der Waals surface area contributed by atoms with Crippen LogP contribution in [0.4, 0.5) is 11.4 Å². The summed E-state index contributed by atoms with van der Waals surface area (Å²) in [7, 11) is -2.36. The van der Waals surface area contributed by atoms with Crippen LogP contribution in [-0.4, -0.2) is 38.3 Å². The topological polar surface area (TPSA) is 97.7 Å². The smallest absolute Gasteiger partial charge is 0.308 e. The van der Waals surface area contributed by atoms with Gasteiger partial charge in [-0.3, -0.25) is 18.5 Å². The van der Waals surface area contributed by atoms with Gasteiger partial charge < -0.3 is 10.1 Å². The zero-order chi connectivity index (χ0) is 24.5. The molecule has 8 nitrogen and oxygen atoms in total. The Bertz CT molecular complexity index is 1350. The van der Waals surface area contributed by atoms with Gasteiger partial charge in [-0.25, -0.2) is 8.42 Å². The first-order chi connectivity index (χ1) is 15.5. The summed E-state index contributed by atoms with van der Waals surface area (Å²) in [6.45, 7) is 5.59. The number of rotatable bonds is 8. The number of benzene rings is 2. The van der Waals surface area contributed by atoms with Gasteiger partial charge in [-0.2, -0.15) is 0 Å². The number of carbonyl (C=O) groups excluding carboxylic acids is 1. The van der Waals surface area contributed by atoms with Crippen molar-refractivity contribution >= 4 is 60.5 Å². The van der Waals surface area contributed by atoms with Crippen LogP contribution in [0.25, 0.3) is 10.2 Å². The van der Waals surface area contributed by atoms with Crippen molar-refractivity contribution < 1.29 is 17.9 Å². The SMILES string of the molecule is CC[C@@H](C(=O)Nc1ccc2c(c1)sc(=O)n2C(C)C)N(c1ccc(OC)c(Cl)c1)S(C)(=O)=O. The molecule has 1 aromatic heterocycles. The molecule has 178 valence electrons. The Kier molecular flexibility index (Phi) is 7.40. The molecule has 0 unspecified atom stereocenters. The van der Waals surface area contributed by atoms with Crippen LogP contribution in [0.3, 0.4) is 0 Å². The molecular formula is C22H26ClN3O5S2. The van der Waals surface area contributed by atoms with Gasteiger partial charge in [-0.1, -0.05) is 29.9 Å². The maximum absolute atomic E-state index is 13.2. The minimum absolute atomic E-state index is 0.0100. The number of hydrogen-bond acceptors (Lipinski definition) is 6. The molecular weight excluding hydrogens is 486 g/mol. The molecule has 33 heavy (non-hydrogen) atoms. The number of nitrogens with one attached hydrogen (secondary N) is 1. The summed E-state index contributed by atoms with van der Waals surface area (Å²) in [5, 5.41) is 3.03. The summed E-state index contributed by atoms with van der Waals surface area (Å²) in [5.74, 6) is -0.100. The van der Waals surface area contributed by atoms with Crippen LogP contribution in [0.15, 0.2) is 41.2 Å². The average molecular weight is 512 g/mol. The van der Waals surface area contributed by atoms with Gasteiger partial charge in [-0.15, -0.1) is 0 Å². The second-order valence-corrected chi connectivity index (χ2v) is 11.1. The largest absolute Gasteiger partial charge is 0.495 e. The lowest BCUT2D eigenvalue weighted by molar-refractivity contribution is -0.117. The predicted molar refractivity (Wildman–Crippen MR) is 135 cm³/mol. The molecule has 3 aromatic rings. The van der Waals surface area contributed by atoms with Crippen LogP contribution >= 0.6 is 22.9 Å². The van der Waals surface area contributed by atoms with E-state index in [0.29, 0.717) is 11.4 Å². The Hall–Kier alpha value is -2.56. The van der Waals surface area contributed by atoms with Crippen molar-refractivity contribution in [1.82, 2.24) is 4.57 Å². The van der Waals surface area contributed by atoms with Crippen molar-refractivity contribution in [3.05, 3.63) is 51.1 Å². The van der Waals surface area contributed by atoms with Gasteiger partial charge in [0.05, 0.1) is 34.3 Å². The van der Waals surface area contributed by atoms with E-state index in [1.807, 2.05) is 13.8 Å². The van der Waals surface area contributed by atoms with Gasteiger partial charge in [0.25, 0.3) is 0 Å². The first-order valence-electron chi connectivity index (χ1n) is 10.3. The molecule has 0 bridgehead atoms. The molecule has 0 saturated heterocycles. The van der Waals surface area contributed by atoms with E-state index in [2.05, 4.69) is 5.32 Å². The van der Waals surface area contributed by atoms with Gasteiger partial charge >= 0.3 is 4.87 Å². The molecule has 0 aliphatic heterocycles. The highest BCUT2D eigenvalue weighted by atomic mass is 35.5. The van der Waals surface area contributed by atoms with Crippen molar-refractivity contribution in [2.24, 2.45) is 0 Å². The Morgan fingerprint density at radius 1 is 1.24 bits per heavy atom. The van der Waals surface area contributed by atoms with Gasteiger partial charge in [0, 0.05) is 11.7 Å². The monoisotopic (exact) mass is 511 g/mol. The van der Waals surface area contributed by atoms with E-state index in [9.17, 15) is 18.0 Å². The Morgan fingerprint density at radius 3 is 2.48 bits per heavy atom. The zero-order valence-electron chi connectivity index (χ0n) is 19.0. The van der Waals surface area contributed by atoms with Crippen molar-refractivity contribution in [2.45, 2.75) is 39.3 Å². The normalized spacial score (nSPS) is 12.7. The Morgan fingerprint density at radius 2 is 1.94 bits per heavy atom. The number of hydrogen-bond donors (Lipinski definition) is 1. The number of fused-ring (bicyclic) bond motifs is 1. The van der Waals surface area contributed by atoms with Crippen LogP contribution in [0.1, 0.15) is 33.2 Å². The number of aromatic nitrogens is 1. The highest BCUT2D eigenvalue weighted by molar-refractivity contribution is 7.92. The molecule has 0 fully saturated rings. The highest BCUT2D eigenvalue weighted by Gasteiger charge is 2.32. The predicted octanol–water partition coefficient (Wildman–Crippen LogP) is 4.49. The van der Waals surface area contributed by atoms with E-state index < -0.39 is 22.0 Å². The van der Waals surface area contributed by atoms with Crippen molar-refractivity contribution in [3.63, 3.8) is 0 Å². The van der Waals surface area contributed by atoms with Gasteiger partial charge in [0.2, 0.25) is 15.9 Å². The summed E-state index contributed by atoms with van der Waals surface area (Å²) in [6.07, 6.45) is 1.26. The van der Waals surface area contributed by atoms with E-state index in [-0.39, 0.29) is 28.0 Å². The van der Waals surface area contributed by atoms with Crippen molar-refractivity contribution in [1.29, 1.82) is 0 Å². The lowest BCUT2D eigenvalue weighted by atomic mass is 10.1. The second kappa shape index (κ2) is 9.74. The van der Waals surface area contributed by atoms with Crippen LogP contribution < -0.4 is 19.2 Å². The van der Waals surface area contributed by atoms with E-state index in [4.69, 9.17) is 16.3 Å². The maximum atomic E-state index is 13.2. The quantitative estimate of drug-likeness (QED) is 0.480. The van der Waals surface area contributed by atoms with E-state index in [0.717, 1.165) is 32.1 Å². The van der Waals surface area contributed by atoms with Crippen molar-refractivity contribution in [3.8, 4) is 5.75 Å². The first kappa shape index (κ1) is 25.1. The molecule has 3 rings (SSSR count). The molecule has 1 atom stereocenters. The second-order valence-electron chi connectivity index (χ2n) is 7.81. The summed E-state index contributed by atoms with van der Waals surface area (Å²) in [4.78, 5) is 25.4. The molecule has 0 saturated carbocycles. The van der Waals surface area contributed by atoms with Crippen LogP contribution in [0, 0.1) is 0 Å². The molecule has 0 aliphatic rings. The number of sulfonamides is 1. The van der Waals surface area contributed by atoms with Crippen molar-refractivity contribution in [2.75, 3.05) is 23.0 Å². The molecule has 0 spiro atoms. The minimum atomic E-state index is -3.82. The van der Waals surface area contributed by atoms with E-state index in [1.165, 1.54) is 13.2 Å². The van der Waals surface area contributed by atoms with Gasteiger partial charge in [-0.05, 0) is 56.7 Å². The molecule has 0 aliphatic carbocycles. The Labute approximate surface area is 201 Å². The molecule has 0 radical (unpaired) electrons. The lowest BCUT2D eigenvalue weighted by Crippen LogP contribution is -2.47. The Balaban J connectivity index is 1.96. The third-order valence-electron chi connectivity index (χ3n) is 5.12. The van der Waals surface area contributed by atoms with Crippen LogP contribution in [0.5, 0.6) is 5.75 Å². The number of anilines is 2. The zero-order valence-corrected chi connectivity index (χ0v) is 21.3. The molecule has 1 amide bonds. The average Bonchev–Trinajstić information content (AvgIpc) is 3.05. The third-order valence-corrected chi connectivity index (χ3v) is 7.51. The number of methoxy groups -OCH3 is 1. The number of ether oxygens (including phenoxy) is 1. The van der Waals surface area contributed by atoms with Crippen LogP contribution in [0.2, 0.25) is 5.02 Å². The number of thiazole rings is 1. The minimum Gasteiger partial charge on any atom is -0.495 e. The molecule has 1 heterocycles. The standard InChI is InChI=1S/C22H26ClN3O5S2/c1-6-17(26(33(5,29)30)15-8-10-19(31-4)16(23)12-15)21(27)24-14-7-9-18-20(11-14)32-22(28)25(18)13(2)3/h7-13,17H,6H2,1-5H3,(H,24,27)/t17-/m0/s1. The van der Waals surface area contributed by atoms with Gasteiger partial charge in [0.15, 0.2) is 0 Å². The third kappa shape index (κ3) is 5.18. The number of carbonyl (C=O) groups is 1.